The fourth-order valence-electron chi connectivity index (χ4n) is 2.53. The molecule has 1 aliphatic rings. The van der Waals surface area contributed by atoms with Gasteiger partial charge in [-0.25, -0.2) is 15.0 Å². The van der Waals surface area contributed by atoms with Crippen molar-refractivity contribution in [2.75, 3.05) is 23.8 Å². The Kier molecular flexibility index (Phi) is 5.18. The largest absolute Gasteiger partial charge is 0.394 e. The van der Waals surface area contributed by atoms with Crippen molar-refractivity contribution in [2.24, 2.45) is 0 Å². The molecule has 0 amide bonds. The molecule has 3 rings (SSSR count). The minimum absolute atomic E-state index is 0.219. The molecule has 0 saturated carbocycles. The van der Waals surface area contributed by atoms with Gasteiger partial charge in [-0.15, -0.1) is 0 Å². The van der Waals surface area contributed by atoms with E-state index in [2.05, 4.69) is 15.0 Å². The number of aromatic nitrogens is 4. The molecule has 1 unspecified atom stereocenters. The van der Waals surface area contributed by atoms with Gasteiger partial charge in [0.15, 0.2) is 17.7 Å². The highest BCUT2D eigenvalue weighted by molar-refractivity contribution is 7.99. The standard InChI is InChI=1S/C13H19N5O5S/c14-11-8-12(16-4-15-11)18(5-17-8)13-10(22)9(21)7(23-13)3-24-2-6(20)1-19/h4-7,9-10,13,19-22H,1-3H2,(H2,14,15,16)/t6?,7-,9-,10-,13-/m1/s1. The molecule has 132 valence electrons. The average molecular weight is 357 g/mol. The molecule has 0 aromatic carbocycles. The summed E-state index contributed by atoms with van der Waals surface area (Å²) < 4.78 is 7.26. The van der Waals surface area contributed by atoms with E-state index in [-0.39, 0.29) is 12.4 Å². The summed E-state index contributed by atoms with van der Waals surface area (Å²) in [6.45, 7) is -0.325. The third kappa shape index (κ3) is 3.18. The van der Waals surface area contributed by atoms with Crippen LogP contribution in [0.1, 0.15) is 6.23 Å². The van der Waals surface area contributed by atoms with Crippen LogP contribution in [0.25, 0.3) is 11.2 Å². The van der Waals surface area contributed by atoms with Gasteiger partial charge in [-0.05, 0) is 0 Å². The Hall–Kier alpha value is -1.50. The molecule has 1 aliphatic heterocycles. The number of aliphatic hydroxyl groups is 4. The smallest absolute Gasteiger partial charge is 0.167 e. The molecule has 2 aromatic heterocycles. The lowest BCUT2D eigenvalue weighted by Crippen LogP contribution is -2.33. The summed E-state index contributed by atoms with van der Waals surface area (Å²) in [5.41, 5.74) is 6.54. The molecule has 0 radical (unpaired) electrons. The van der Waals surface area contributed by atoms with Crippen LogP contribution in [-0.2, 0) is 4.74 Å². The maximum Gasteiger partial charge on any atom is 0.167 e. The quantitative estimate of drug-likeness (QED) is 0.395. The summed E-state index contributed by atoms with van der Waals surface area (Å²) in [7, 11) is 0. The van der Waals surface area contributed by atoms with E-state index >= 15 is 0 Å². The van der Waals surface area contributed by atoms with Gasteiger partial charge in [0, 0.05) is 11.5 Å². The number of hydrogen-bond donors (Lipinski definition) is 5. The van der Waals surface area contributed by atoms with Crippen LogP contribution in [0.15, 0.2) is 12.7 Å². The van der Waals surface area contributed by atoms with E-state index in [4.69, 9.17) is 15.6 Å². The number of anilines is 1. The molecular formula is C13H19N5O5S. The highest BCUT2D eigenvalue weighted by Gasteiger charge is 2.44. The predicted molar refractivity (Wildman–Crippen MR) is 86.1 cm³/mol. The lowest BCUT2D eigenvalue weighted by Gasteiger charge is -2.16. The minimum atomic E-state index is -1.16. The second kappa shape index (κ2) is 7.17. The van der Waals surface area contributed by atoms with Crippen LogP contribution < -0.4 is 5.73 Å². The molecule has 0 spiro atoms. The summed E-state index contributed by atoms with van der Waals surface area (Å²) in [6, 6.07) is 0. The molecule has 10 nitrogen and oxygen atoms in total. The first-order chi connectivity index (χ1) is 11.5. The third-order valence-electron chi connectivity index (χ3n) is 3.80. The Morgan fingerprint density at radius 2 is 2.08 bits per heavy atom. The lowest BCUT2D eigenvalue weighted by atomic mass is 10.1. The number of aliphatic hydroxyl groups excluding tert-OH is 4. The number of imidazole rings is 1. The van der Waals surface area contributed by atoms with Gasteiger partial charge in [0.25, 0.3) is 0 Å². The van der Waals surface area contributed by atoms with Crippen molar-refractivity contribution in [1.29, 1.82) is 0 Å². The molecule has 1 saturated heterocycles. The van der Waals surface area contributed by atoms with Crippen LogP contribution in [0.5, 0.6) is 0 Å². The fourth-order valence-corrected chi connectivity index (χ4v) is 3.55. The lowest BCUT2D eigenvalue weighted by molar-refractivity contribution is -0.0289. The van der Waals surface area contributed by atoms with Crippen molar-refractivity contribution < 1.29 is 25.2 Å². The maximum atomic E-state index is 10.3. The van der Waals surface area contributed by atoms with Gasteiger partial charge in [-0.3, -0.25) is 4.57 Å². The Labute approximate surface area is 141 Å². The number of nitrogens with two attached hydrogens (primary N) is 1. The Morgan fingerprint density at radius 3 is 2.83 bits per heavy atom. The van der Waals surface area contributed by atoms with Gasteiger partial charge >= 0.3 is 0 Å². The van der Waals surface area contributed by atoms with E-state index in [1.807, 2.05) is 0 Å². The van der Waals surface area contributed by atoms with Crippen molar-refractivity contribution in [3.05, 3.63) is 12.7 Å². The average Bonchev–Trinajstić information content (AvgIpc) is 3.12. The third-order valence-corrected chi connectivity index (χ3v) is 4.99. The minimum Gasteiger partial charge on any atom is -0.394 e. The van der Waals surface area contributed by atoms with Gasteiger partial charge in [-0.1, -0.05) is 0 Å². The van der Waals surface area contributed by atoms with Crippen molar-refractivity contribution >= 4 is 28.7 Å². The summed E-state index contributed by atoms with van der Waals surface area (Å²) in [6.07, 6.45) is -1.84. The number of rotatable bonds is 6. The normalized spacial score (nSPS) is 28.5. The Balaban J connectivity index is 1.73. The molecule has 3 heterocycles. The number of ether oxygens (including phenoxy) is 1. The van der Waals surface area contributed by atoms with Crippen molar-refractivity contribution in [2.45, 2.75) is 30.6 Å². The second-order valence-electron chi connectivity index (χ2n) is 5.50. The molecular weight excluding hydrogens is 338 g/mol. The van der Waals surface area contributed by atoms with Crippen molar-refractivity contribution in [1.82, 2.24) is 19.5 Å². The topological polar surface area (TPSA) is 160 Å². The summed E-state index contributed by atoms with van der Waals surface area (Å²) in [4.78, 5) is 12.1. The van der Waals surface area contributed by atoms with Crippen molar-refractivity contribution in [3.8, 4) is 0 Å². The number of fused-ring (bicyclic) bond motifs is 1. The van der Waals surface area contributed by atoms with Crippen LogP contribution in [0.2, 0.25) is 0 Å². The van der Waals surface area contributed by atoms with Crippen LogP contribution in [0.3, 0.4) is 0 Å². The van der Waals surface area contributed by atoms with Crippen LogP contribution in [-0.4, -0.2) is 82.5 Å². The number of thioether (sulfide) groups is 1. The van der Waals surface area contributed by atoms with Gasteiger partial charge in [-0.2, -0.15) is 11.8 Å². The zero-order valence-electron chi connectivity index (χ0n) is 12.6. The molecule has 6 N–H and O–H groups in total. The highest BCUT2D eigenvalue weighted by Crippen LogP contribution is 2.33. The monoisotopic (exact) mass is 357 g/mol. The summed E-state index contributed by atoms with van der Waals surface area (Å²) >= 11 is 1.32. The van der Waals surface area contributed by atoms with E-state index < -0.39 is 30.6 Å². The molecule has 1 fully saturated rings. The first-order valence-corrected chi connectivity index (χ1v) is 8.49. The van der Waals surface area contributed by atoms with Gasteiger partial charge < -0.3 is 30.9 Å². The molecule has 2 aromatic rings. The van der Waals surface area contributed by atoms with Gasteiger partial charge in [0.1, 0.15) is 24.1 Å². The van der Waals surface area contributed by atoms with Crippen molar-refractivity contribution in [3.63, 3.8) is 0 Å². The van der Waals surface area contributed by atoms with E-state index in [9.17, 15) is 15.3 Å². The second-order valence-corrected chi connectivity index (χ2v) is 6.58. The van der Waals surface area contributed by atoms with Crippen LogP contribution in [0, 0.1) is 0 Å². The number of nitrogen functional groups attached to an aromatic ring is 1. The molecule has 11 heteroatoms. The molecule has 5 atom stereocenters. The summed E-state index contributed by atoms with van der Waals surface area (Å²) in [5, 5.41) is 38.6. The predicted octanol–water partition coefficient (Wildman–Crippen LogP) is -1.89. The van der Waals surface area contributed by atoms with E-state index in [0.29, 0.717) is 22.7 Å². The molecule has 0 aliphatic carbocycles. The highest BCUT2D eigenvalue weighted by atomic mass is 32.2. The first-order valence-electron chi connectivity index (χ1n) is 7.34. The zero-order valence-corrected chi connectivity index (χ0v) is 13.5. The molecule has 24 heavy (non-hydrogen) atoms. The molecule has 0 bridgehead atoms. The zero-order chi connectivity index (χ0) is 17.3. The van der Waals surface area contributed by atoms with Gasteiger partial charge in [0.2, 0.25) is 0 Å². The van der Waals surface area contributed by atoms with Crippen LogP contribution in [0.4, 0.5) is 5.82 Å². The van der Waals surface area contributed by atoms with E-state index in [0.717, 1.165) is 0 Å². The van der Waals surface area contributed by atoms with E-state index in [1.165, 1.54) is 29.0 Å². The Bertz CT molecular complexity index is 700. The number of hydrogen-bond acceptors (Lipinski definition) is 10. The fraction of sp³-hybridized carbons (Fsp3) is 0.615. The maximum absolute atomic E-state index is 10.3. The summed E-state index contributed by atoms with van der Waals surface area (Å²) in [5.74, 6) is 0.883. The Morgan fingerprint density at radius 1 is 1.29 bits per heavy atom. The van der Waals surface area contributed by atoms with E-state index in [1.54, 1.807) is 0 Å². The van der Waals surface area contributed by atoms with Crippen LogP contribution >= 0.6 is 11.8 Å². The van der Waals surface area contributed by atoms with Gasteiger partial charge in [0.05, 0.1) is 25.1 Å². The SMILES string of the molecule is Nc1ncnc2c1ncn2[C@@H]1O[C@H](CSCC(O)CO)[C@@H](O)[C@H]1O. The first kappa shape index (κ1) is 17.3. The number of nitrogens with zero attached hydrogens (tertiary/aromatic N) is 4.